The summed E-state index contributed by atoms with van der Waals surface area (Å²) in [7, 11) is 0. The van der Waals surface area contributed by atoms with E-state index in [1.54, 1.807) is 0 Å². The Kier molecular flexibility index (Phi) is 3.27. The van der Waals surface area contributed by atoms with E-state index >= 15 is 0 Å². The van der Waals surface area contributed by atoms with Crippen molar-refractivity contribution in [2.45, 2.75) is 0 Å². The molecular weight excluding hydrogens is 260 g/mol. The number of Topliss-reactive ketones (excluding diaryl/α,β-unsaturated/α-hetero) is 1. The Balaban J connectivity index is 3.23. The lowest BCUT2D eigenvalue weighted by Gasteiger charge is -2.03. The lowest BCUT2D eigenvalue weighted by Crippen LogP contribution is -2.04. The summed E-state index contributed by atoms with van der Waals surface area (Å²) in [5.41, 5.74) is 5.53. The van der Waals surface area contributed by atoms with Crippen molar-refractivity contribution in [1.29, 1.82) is 0 Å². The molecule has 13 heavy (non-hydrogen) atoms. The van der Waals surface area contributed by atoms with Crippen molar-refractivity contribution in [2.24, 2.45) is 0 Å². The van der Waals surface area contributed by atoms with E-state index in [2.05, 4.69) is 15.9 Å². The van der Waals surface area contributed by atoms with Gasteiger partial charge in [-0.1, -0.05) is 0 Å². The van der Waals surface area contributed by atoms with Crippen molar-refractivity contribution in [2.75, 3.05) is 11.6 Å². The van der Waals surface area contributed by atoms with Crippen LogP contribution in [0.3, 0.4) is 0 Å². The molecule has 1 rings (SSSR count). The predicted molar refractivity (Wildman–Crippen MR) is 53.6 cm³/mol. The molecule has 1 aromatic carbocycles. The zero-order valence-electron chi connectivity index (χ0n) is 6.48. The fraction of sp³-hybridized carbons (Fsp3) is 0.125. The Morgan fingerprint density at radius 2 is 2.23 bits per heavy atom. The van der Waals surface area contributed by atoms with Crippen LogP contribution >= 0.6 is 27.5 Å². The molecule has 0 amide bonds. The molecule has 0 aliphatic rings. The third kappa shape index (κ3) is 2.19. The Bertz CT molecular complexity index is 356. The molecule has 0 fully saturated rings. The zero-order valence-corrected chi connectivity index (χ0v) is 8.82. The quantitative estimate of drug-likeness (QED) is 0.508. The van der Waals surface area contributed by atoms with E-state index in [0.717, 1.165) is 6.07 Å². The maximum Gasteiger partial charge on any atom is 0.178 e. The van der Waals surface area contributed by atoms with Gasteiger partial charge in [0.15, 0.2) is 5.78 Å². The zero-order chi connectivity index (χ0) is 10.0. The molecule has 1 aromatic rings. The first-order valence-corrected chi connectivity index (χ1v) is 4.72. The molecule has 0 heterocycles. The number of nitrogen functional groups attached to an aromatic ring is 1. The number of rotatable bonds is 2. The molecule has 0 atom stereocenters. The van der Waals surface area contributed by atoms with Crippen LogP contribution in [-0.4, -0.2) is 11.7 Å². The molecule has 0 bridgehead atoms. The summed E-state index contributed by atoms with van der Waals surface area (Å²) in [6.45, 7) is 0. The summed E-state index contributed by atoms with van der Waals surface area (Å²) in [6.07, 6.45) is 0. The number of hydrogen-bond donors (Lipinski definition) is 1. The maximum atomic E-state index is 12.8. The minimum absolute atomic E-state index is 0.0586. The van der Waals surface area contributed by atoms with Crippen LogP contribution in [-0.2, 0) is 0 Å². The molecule has 0 saturated carbocycles. The van der Waals surface area contributed by atoms with Crippen LogP contribution in [0.5, 0.6) is 0 Å². The first-order valence-electron chi connectivity index (χ1n) is 3.40. The van der Waals surface area contributed by atoms with Crippen molar-refractivity contribution in [3.05, 3.63) is 28.0 Å². The van der Waals surface area contributed by atoms with Crippen LogP contribution in [0.15, 0.2) is 16.6 Å². The molecular formula is C8H6BrClFNO. The summed E-state index contributed by atoms with van der Waals surface area (Å²) in [6, 6.07) is 2.42. The van der Waals surface area contributed by atoms with Gasteiger partial charge >= 0.3 is 0 Å². The monoisotopic (exact) mass is 265 g/mol. The first-order chi connectivity index (χ1) is 6.06. The number of halogens is 3. The number of carbonyl (C=O) groups excluding carboxylic acids is 1. The third-order valence-electron chi connectivity index (χ3n) is 1.51. The largest absolute Gasteiger partial charge is 0.396 e. The second kappa shape index (κ2) is 4.07. The number of benzene rings is 1. The molecule has 0 saturated heterocycles. The van der Waals surface area contributed by atoms with Gasteiger partial charge in [-0.25, -0.2) is 4.39 Å². The van der Waals surface area contributed by atoms with Gasteiger partial charge in [0.2, 0.25) is 0 Å². The Morgan fingerprint density at radius 3 is 2.77 bits per heavy atom. The SMILES string of the molecule is Nc1cc(C(=O)CCl)c(Br)cc1F. The van der Waals surface area contributed by atoms with E-state index in [9.17, 15) is 9.18 Å². The van der Waals surface area contributed by atoms with Gasteiger partial charge in [0.1, 0.15) is 5.82 Å². The highest BCUT2D eigenvalue weighted by Gasteiger charge is 2.11. The van der Waals surface area contributed by atoms with Crippen LogP contribution in [0.2, 0.25) is 0 Å². The molecule has 0 aliphatic carbocycles. The van der Waals surface area contributed by atoms with Crippen molar-refractivity contribution < 1.29 is 9.18 Å². The van der Waals surface area contributed by atoms with E-state index < -0.39 is 5.82 Å². The fourth-order valence-corrected chi connectivity index (χ4v) is 1.53. The Morgan fingerprint density at radius 1 is 1.62 bits per heavy atom. The van der Waals surface area contributed by atoms with Crippen molar-refractivity contribution in [3.63, 3.8) is 0 Å². The number of nitrogens with two attached hydrogens (primary N) is 1. The van der Waals surface area contributed by atoms with Gasteiger partial charge < -0.3 is 5.73 Å². The summed E-state index contributed by atoms with van der Waals surface area (Å²) >= 11 is 8.39. The average Bonchev–Trinajstić information content (AvgIpc) is 2.10. The van der Waals surface area contributed by atoms with Gasteiger partial charge in [-0.15, -0.1) is 11.6 Å². The van der Waals surface area contributed by atoms with Gasteiger partial charge in [0.05, 0.1) is 11.6 Å². The minimum atomic E-state index is -0.557. The summed E-state index contributed by atoms with van der Waals surface area (Å²) in [4.78, 5) is 11.2. The standard InChI is InChI=1S/C8H6BrClFNO/c9-5-2-6(11)7(12)1-4(5)8(13)3-10/h1-2H,3,12H2. The van der Waals surface area contributed by atoms with E-state index in [1.165, 1.54) is 6.07 Å². The second-order valence-electron chi connectivity index (χ2n) is 2.41. The molecule has 0 spiro atoms. The number of ketones is 1. The van der Waals surface area contributed by atoms with Crippen LogP contribution in [0, 0.1) is 5.82 Å². The number of alkyl halides is 1. The molecule has 2 nitrogen and oxygen atoms in total. The summed E-state index contributed by atoms with van der Waals surface area (Å²) in [5.74, 6) is -0.998. The second-order valence-corrected chi connectivity index (χ2v) is 3.53. The van der Waals surface area contributed by atoms with Crippen molar-refractivity contribution in [1.82, 2.24) is 0 Å². The lowest BCUT2D eigenvalue weighted by molar-refractivity contribution is 0.102. The average molecular weight is 266 g/mol. The van der Waals surface area contributed by atoms with Gasteiger partial charge in [-0.2, -0.15) is 0 Å². The van der Waals surface area contributed by atoms with Gasteiger partial charge in [0.25, 0.3) is 0 Å². The number of hydrogen-bond acceptors (Lipinski definition) is 2. The fourth-order valence-electron chi connectivity index (χ4n) is 0.851. The van der Waals surface area contributed by atoms with Crippen molar-refractivity contribution >= 4 is 39.0 Å². The highest BCUT2D eigenvalue weighted by Crippen LogP contribution is 2.23. The molecule has 0 radical (unpaired) electrons. The molecule has 5 heteroatoms. The maximum absolute atomic E-state index is 12.8. The number of carbonyl (C=O) groups is 1. The van der Waals surface area contributed by atoms with Crippen LogP contribution in [0.4, 0.5) is 10.1 Å². The highest BCUT2D eigenvalue weighted by atomic mass is 79.9. The van der Waals surface area contributed by atoms with Crippen LogP contribution < -0.4 is 5.73 Å². The van der Waals surface area contributed by atoms with Crippen molar-refractivity contribution in [3.8, 4) is 0 Å². The van der Waals surface area contributed by atoms with Gasteiger partial charge in [-0.3, -0.25) is 4.79 Å². The number of anilines is 1. The van der Waals surface area contributed by atoms with Gasteiger partial charge in [-0.05, 0) is 28.1 Å². The molecule has 0 unspecified atom stereocenters. The van der Waals surface area contributed by atoms with E-state index in [1.807, 2.05) is 0 Å². The molecule has 0 aliphatic heterocycles. The molecule has 2 N–H and O–H groups in total. The summed E-state index contributed by atoms with van der Waals surface area (Å²) < 4.78 is 13.2. The molecule has 0 aromatic heterocycles. The van der Waals surface area contributed by atoms with Crippen LogP contribution in [0.25, 0.3) is 0 Å². The normalized spacial score (nSPS) is 10.1. The van der Waals surface area contributed by atoms with Crippen LogP contribution in [0.1, 0.15) is 10.4 Å². The minimum Gasteiger partial charge on any atom is -0.396 e. The Labute approximate surface area is 88.0 Å². The lowest BCUT2D eigenvalue weighted by atomic mass is 10.1. The summed E-state index contributed by atoms with van der Waals surface area (Å²) in [5, 5.41) is 0. The Hall–Kier alpha value is -0.610. The van der Waals surface area contributed by atoms with E-state index in [-0.39, 0.29) is 17.4 Å². The van der Waals surface area contributed by atoms with Gasteiger partial charge in [0, 0.05) is 10.0 Å². The topological polar surface area (TPSA) is 43.1 Å². The highest BCUT2D eigenvalue weighted by molar-refractivity contribution is 9.10. The van der Waals surface area contributed by atoms with E-state index in [0.29, 0.717) is 10.0 Å². The molecule has 70 valence electrons. The predicted octanol–water partition coefficient (Wildman–Crippen LogP) is 2.59. The first kappa shape index (κ1) is 10.5. The third-order valence-corrected chi connectivity index (χ3v) is 2.41. The smallest absolute Gasteiger partial charge is 0.178 e. The van der Waals surface area contributed by atoms with E-state index in [4.69, 9.17) is 17.3 Å².